The van der Waals surface area contributed by atoms with Crippen molar-refractivity contribution in [1.29, 1.82) is 0 Å². The molecule has 1 aliphatic rings. The van der Waals surface area contributed by atoms with E-state index in [9.17, 15) is 9.59 Å². The molecule has 0 aliphatic carbocycles. The second-order valence-corrected chi connectivity index (χ2v) is 6.61. The molecule has 0 bridgehead atoms. The topological polar surface area (TPSA) is 61.9 Å². The molecule has 0 spiro atoms. The third-order valence-corrected chi connectivity index (χ3v) is 4.76. The van der Waals surface area contributed by atoms with Gasteiger partial charge in [-0.3, -0.25) is 9.59 Å². The van der Waals surface area contributed by atoms with E-state index in [0.29, 0.717) is 18.8 Å². The lowest BCUT2D eigenvalue weighted by atomic mass is 10.2. The molecule has 0 radical (unpaired) electrons. The van der Waals surface area contributed by atoms with Crippen molar-refractivity contribution in [1.82, 2.24) is 10.2 Å². The van der Waals surface area contributed by atoms with Crippen LogP contribution in [0.25, 0.3) is 0 Å². The number of hydrogen-bond acceptors (Lipinski definition) is 4. The third kappa shape index (κ3) is 4.58. The minimum Gasteiger partial charge on any atom is -0.496 e. The fourth-order valence-electron chi connectivity index (χ4n) is 3.24. The molecule has 0 aromatic heterocycles. The van der Waals surface area contributed by atoms with Crippen LogP contribution >= 0.6 is 0 Å². The Morgan fingerprint density at radius 1 is 1.04 bits per heavy atom. The smallest absolute Gasteiger partial charge is 0.312 e. The number of anilines is 1. The molecule has 2 aromatic rings. The number of carbonyl (C=O) groups excluding carboxylic acids is 2. The molecule has 1 aliphatic heterocycles. The van der Waals surface area contributed by atoms with Crippen molar-refractivity contribution in [3.8, 4) is 5.75 Å². The minimum atomic E-state index is -0.579. The number of methoxy groups -OCH3 is 1. The van der Waals surface area contributed by atoms with Crippen molar-refractivity contribution in [3.63, 3.8) is 0 Å². The molecule has 2 aromatic carbocycles. The second kappa shape index (κ2) is 8.58. The molecule has 0 atom stereocenters. The average Bonchev–Trinajstić information content (AvgIpc) is 2.71. The molecule has 0 saturated carbocycles. The number of nitrogens with one attached hydrogen (secondary N) is 1. The summed E-state index contributed by atoms with van der Waals surface area (Å²) >= 11 is 0. The summed E-state index contributed by atoms with van der Waals surface area (Å²) in [5.74, 6) is -0.365. The first kappa shape index (κ1) is 18.8. The van der Waals surface area contributed by atoms with Gasteiger partial charge in [-0.1, -0.05) is 30.3 Å². The lowest BCUT2D eigenvalue weighted by molar-refractivity contribution is -0.146. The van der Waals surface area contributed by atoms with E-state index in [1.54, 1.807) is 12.0 Å². The van der Waals surface area contributed by atoms with E-state index < -0.39 is 11.8 Å². The first-order valence-electron chi connectivity index (χ1n) is 9.09. The van der Waals surface area contributed by atoms with E-state index in [1.165, 1.54) is 5.56 Å². The minimum absolute atomic E-state index is 0.262. The van der Waals surface area contributed by atoms with Gasteiger partial charge in [0.1, 0.15) is 5.75 Å². The summed E-state index contributed by atoms with van der Waals surface area (Å²) < 4.78 is 5.26. The predicted molar refractivity (Wildman–Crippen MR) is 105 cm³/mol. The molecule has 0 unspecified atom stereocenters. The summed E-state index contributed by atoms with van der Waals surface area (Å²) in [6, 6.07) is 15.7. The van der Waals surface area contributed by atoms with E-state index in [0.717, 1.165) is 24.3 Å². The Kier molecular flexibility index (Phi) is 5.96. The largest absolute Gasteiger partial charge is 0.496 e. The number of ether oxygens (including phenoxy) is 1. The third-order valence-electron chi connectivity index (χ3n) is 4.76. The highest BCUT2D eigenvalue weighted by molar-refractivity contribution is 6.35. The lowest BCUT2D eigenvalue weighted by Crippen LogP contribution is -2.52. The van der Waals surface area contributed by atoms with Gasteiger partial charge >= 0.3 is 11.8 Å². The van der Waals surface area contributed by atoms with Crippen LogP contribution in [0.3, 0.4) is 0 Å². The molecule has 6 heteroatoms. The van der Waals surface area contributed by atoms with Crippen molar-refractivity contribution < 1.29 is 14.3 Å². The molecular weight excluding hydrogens is 342 g/mol. The van der Waals surface area contributed by atoms with Gasteiger partial charge in [-0.05, 0) is 30.7 Å². The Hall–Kier alpha value is -3.02. The molecule has 27 heavy (non-hydrogen) atoms. The van der Waals surface area contributed by atoms with Gasteiger partial charge in [0, 0.05) is 44.0 Å². The summed E-state index contributed by atoms with van der Waals surface area (Å²) in [6.45, 7) is 4.83. The SMILES string of the molecule is COc1ccccc1CNC(=O)C(=O)N1CCN(c2cccc(C)c2)CC1. The van der Waals surface area contributed by atoms with E-state index in [-0.39, 0.29) is 6.54 Å². The van der Waals surface area contributed by atoms with Crippen LogP contribution in [0, 0.1) is 6.92 Å². The number of nitrogens with zero attached hydrogens (tertiary/aromatic N) is 2. The monoisotopic (exact) mass is 367 g/mol. The van der Waals surface area contributed by atoms with Gasteiger partial charge in [-0.2, -0.15) is 0 Å². The number of rotatable bonds is 4. The van der Waals surface area contributed by atoms with E-state index in [2.05, 4.69) is 35.3 Å². The summed E-state index contributed by atoms with van der Waals surface area (Å²) in [4.78, 5) is 28.5. The van der Waals surface area contributed by atoms with Crippen LogP contribution in [-0.2, 0) is 16.1 Å². The number of hydrogen-bond donors (Lipinski definition) is 1. The fourth-order valence-corrected chi connectivity index (χ4v) is 3.24. The van der Waals surface area contributed by atoms with Gasteiger partial charge < -0.3 is 19.9 Å². The Morgan fingerprint density at radius 2 is 1.78 bits per heavy atom. The lowest BCUT2D eigenvalue weighted by Gasteiger charge is -2.35. The highest BCUT2D eigenvalue weighted by Gasteiger charge is 2.26. The summed E-state index contributed by atoms with van der Waals surface area (Å²) in [7, 11) is 1.58. The average molecular weight is 367 g/mol. The number of piperazine rings is 1. The van der Waals surface area contributed by atoms with Gasteiger partial charge in [0.2, 0.25) is 0 Å². The summed E-state index contributed by atoms with van der Waals surface area (Å²) in [5.41, 5.74) is 3.20. The molecule has 142 valence electrons. The number of carbonyl (C=O) groups is 2. The summed E-state index contributed by atoms with van der Waals surface area (Å²) in [6.07, 6.45) is 0. The zero-order valence-corrected chi connectivity index (χ0v) is 15.8. The van der Waals surface area contributed by atoms with Crippen LogP contribution < -0.4 is 15.0 Å². The second-order valence-electron chi connectivity index (χ2n) is 6.61. The van der Waals surface area contributed by atoms with Gasteiger partial charge in [0.25, 0.3) is 0 Å². The summed E-state index contributed by atoms with van der Waals surface area (Å²) in [5, 5.41) is 2.70. The van der Waals surface area contributed by atoms with Crippen LogP contribution in [0.1, 0.15) is 11.1 Å². The van der Waals surface area contributed by atoms with Crippen molar-refractivity contribution >= 4 is 17.5 Å². The number of aryl methyl sites for hydroxylation is 1. The Bertz CT molecular complexity index is 814. The van der Waals surface area contributed by atoms with Crippen molar-refractivity contribution in [2.45, 2.75) is 13.5 Å². The van der Waals surface area contributed by atoms with Gasteiger partial charge in [0.05, 0.1) is 7.11 Å². The van der Waals surface area contributed by atoms with Gasteiger partial charge in [-0.15, -0.1) is 0 Å². The number of benzene rings is 2. The zero-order valence-electron chi connectivity index (χ0n) is 15.8. The predicted octanol–water partition coefficient (Wildman–Crippen LogP) is 1.97. The maximum Gasteiger partial charge on any atom is 0.312 e. The van der Waals surface area contributed by atoms with Crippen LogP contribution in [0.5, 0.6) is 5.75 Å². The first-order chi connectivity index (χ1) is 13.1. The highest BCUT2D eigenvalue weighted by Crippen LogP contribution is 2.18. The van der Waals surface area contributed by atoms with Crippen molar-refractivity contribution in [2.24, 2.45) is 0 Å². The van der Waals surface area contributed by atoms with Crippen LogP contribution in [0.2, 0.25) is 0 Å². The molecule has 2 amide bonds. The van der Waals surface area contributed by atoms with Gasteiger partial charge in [-0.25, -0.2) is 0 Å². The number of amides is 2. The quantitative estimate of drug-likeness (QED) is 0.840. The molecule has 1 saturated heterocycles. The Morgan fingerprint density at radius 3 is 2.48 bits per heavy atom. The van der Waals surface area contributed by atoms with Crippen LogP contribution in [0.15, 0.2) is 48.5 Å². The Balaban J connectivity index is 1.52. The molecular formula is C21H25N3O3. The van der Waals surface area contributed by atoms with E-state index >= 15 is 0 Å². The molecule has 1 N–H and O–H groups in total. The van der Waals surface area contributed by atoms with Crippen LogP contribution in [0.4, 0.5) is 5.69 Å². The highest BCUT2D eigenvalue weighted by atomic mass is 16.5. The molecule has 1 heterocycles. The van der Waals surface area contributed by atoms with Crippen molar-refractivity contribution in [3.05, 3.63) is 59.7 Å². The fraction of sp³-hybridized carbons (Fsp3) is 0.333. The maximum atomic E-state index is 12.4. The molecule has 1 fully saturated rings. The normalized spacial score (nSPS) is 14.0. The van der Waals surface area contributed by atoms with E-state index in [4.69, 9.17) is 4.74 Å². The molecule has 3 rings (SSSR count). The number of para-hydroxylation sites is 1. The maximum absolute atomic E-state index is 12.4. The standard InChI is InChI=1S/C21H25N3O3/c1-16-6-5-8-18(14-16)23-10-12-24(13-11-23)21(26)20(25)22-15-17-7-3-4-9-19(17)27-2/h3-9,14H,10-13,15H2,1-2H3,(H,22,25). The van der Waals surface area contributed by atoms with Gasteiger partial charge in [0.15, 0.2) is 0 Å². The molecule has 6 nitrogen and oxygen atoms in total. The van der Waals surface area contributed by atoms with E-state index in [1.807, 2.05) is 30.3 Å². The van der Waals surface area contributed by atoms with Crippen molar-refractivity contribution in [2.75, 3.05) is 38.2 Å². The zero-order chi connectivity index (χ0) is 19.2. The Labute approximate surface area is 159 Å². The van der Waals surface area contributed by atoms with Crippen LogP contribution in [-0.4, -0.2) is 50.0 Å². The first-order valence-corrected chi connectivity index (χ1v) is 9.09.